The van der Waals surface area contributed by atoms with Crippen molar-refractivity contribution in [1.82, 2.24) is 0 Å². The molecule has 0 bridgehead atoms. The van der Waals surface area contributed by atoms with Gasteiger partial charge in [0.15, 0.2) is 11.5 Å². The summed E-state index contributed by atoms with van der Waals surface area (Å²) in [6.45, 7) is 1.65. The summed E-state index contributed by atoms with van der Waals surface area (Å²) in [5.41, 5.74) is 6.01. The van der Waals surface area contributed by atoms with Gasteiger partial charge in [-0.15, -0.1) is 0 Å². The van der Waals surface area contributed by atoms with E-state index >= 15 is 0 Å². The molecule has 238 valence electrons. The largest absolute Gasteiger partial charge is 0.489 e. The molecule has 0 aliphatic carbocycles. The Hall–Kier alpha value is -5.94. The molecular formula is C43H36O5. The van der Waals surface area contributed by atoms with Crippen molar-refractivity contribution in [2.45, 2.75) is 32.5 Å². The van der Waals surface area contributed by atoms with E-state index in [1.54, 1.807) is 0 Å². The summed E-state index contributed by atoms with van der Waals surface area (Å²) in [5, 5.41) is 0. The second-order valence-corrected chi connectivity index (χ2v) is 11.5. The topological polar surface area (TPSA) is 46.2 Å². The van der Waals surface area contributed by atoms with Gasteiger partial charge < -0.3 is 23.7 Å². The number of ether oxygens (including phenoxy) is 5. The van der Waals surface area contributed by atoms with Gasteiger partial charge in [-0.1, -0.05) is 133 Å². The Morgan fingerprint density at radius 2 is 0.958 bits per heavy atom. The van der Waals surface area contributed by atoms with Crippen LogP contribution in [0.1, 0.15) is 39.5 Å². The highest BCUT2D eigenvalue weighted by molar-refractivity contribution is 5.69. The second-order valence-electron chi connectivity index (χ2n) is 11.5. The van der Waals surface area contributed by atoms with Gasteiger partial charge in [0.25, 0.3) is 0 Å². The Bertz CT molecular complexity index is 1940. The summed E-state index contributed by atoms with van der Waals surface area (Å²) in [5.74, 6) is 3.32. The lowest BCUT2D eigenvalue weighted by Gasteiger charge is -2.26. The van der Waals surface area contributed by atoms with Crippen molar-refractivity contribution in [2.24, 2.45) is 0 Å². The van der Waals surface area contributed by atoms with Crippen LogP contribution >= 0.6 is 0 Å². The van der Waals surface area contributed by atoms with Gasteiger partial charge in [0, 0.05) is 17.7 Å². The molecule has 48 heavy (non-hydrogen) atoms. The van der Waals surface area contributed by atoms with E-state index in [-0.39, 0.29) is 0 Å². The highest BCUT2D eigenvalue weighted by Gasteiger charge is 2.26. The number of fused-ring (bicyclic) bond motifs is 1. The molecular weight excluding hydrogens is 596 g/mol. The second kappa shape index (κ2) is 15.1. The van der Waals surface area contributed by atoms with E-state index in [1.807, 2.05) is 146 Å². The van der Waals surface area contributed by atoms with Crippen LogP contribution in [0.2, 0.25) is 0 Å². The van der Waals surface area contributed by atoms with Crippen molar-refractivity contribution in [3.8, 4) is 28.7 Å². The van der Waals surface area contributed by atoms with Gasteiger partial charge in [-0.25, -0.2) is 0 Å². The monoisotopic (exact) mass is 632 g/mol. The van der Waals surface area contributed by atoms with Gasteiger partial charge >= 0.3 is 0 Å². The van der Waals surface area contributed by atoms with Gasteiger partial charge in [-0.05, 0) is 40.5 Å². The molecule has 7 rings (SSSR count). The number of para-hydroxylation sites is 1. The fourth-order valence-electron chi connectivity index (χ4n) is 5.53. The molecule has 6 aromatic carbocycles. The molecule has 6 aromatic rings. The Balaban J connectivity index is 1.19. The third-order valence-electron chi connectivity index (χ3n) is 8.03. The van der Waals surface area contributed by atoms with Crippen LogP contribution in [0.5, 0.6) is 28.7 Å². The molecule has 5 heteroatoms. The van der Waals surface area contributed by atoms with Crippen LogP contribution in [0.3, 0.4) is 0 Å². The molecule has 0 saturated heterocycles. The Morgan fingerprint density at radius 1 is 0.458 bits per heavy atom. The van der Waals surface area contributed by atoms with E-state index < -0.39 is 6.10 Å². The molecule has 1 atom stereocenters. The van der Waals surface area contributed by atoms with Crippen LogP contribution in [0, 0.1) is 0 Å². The number of benzene rings is 6. The summed E-state index contributed by atoms with van der Waals surface area (Å²) in [6.07, 6.45) is 3.66. The Labute approximate surface area is 281 Å². The van der Waals surface area contributed by atoms with Crippen molar-refractivity contribution >= 4 is 6.08 Å². The summed E-state index contributed by atoms with van der Waals surface area (Å²) in [7, 11) is 0. The minimum Gasteiger partial charge on any atom is -0.489 e. The average molecular weight is 633 g/mol. The van der Waals surface area contributed by atoms with Crippen molar-refractivity contribution < 1.29 is 23.7 Å². The SMILES string of the molecule is C1=CC(c2cccc(OCc3ccccc3)c2OCc2ccccc2)Oc2cc(OCc3ccccc3)cc(OCc3ccccc3)c21. The molecule has 1 unspecified atom stereocenters. The van der Waals surface area contributed by atoms with Gasteiger partial charge in [0.1, 0.15) is 49.8 Å². The normalized spacial score (nSPS) is 13.2. The first kappa shape index (κ1) is 30.7. The smallest absolute Gasteiger partial charge is 0.168 e. The van der Waals surface area contributed by atoms with Crippen molar-refractivity contribution in [3.05, 3.63) is 191 Å². The molecule has 1 heterocycles. The zero-order valence-corrected chi connectivity index (χ0v) is 26.5. The van der Waals surface area contributed by atoms with Crippen molar-refractivity contribution in [2.75, 3.05) is 0 Å². The zero-order valence-electron chi connectivity index (χ0n) is 26.5. The van der Waals surface area contributed by atoms with Gasteiger partial charge in [0.2, 0.25) is 0 Å². The molecule has 0 N–H and O–H groups in total. The third kappa shape index (κ3) is 7.71. The molecule has 0 aromatic heterocycles. The van der Waals surface area contributed by atoms with Crippen LogP contribution in [0.25, 0.3) is 6.08 Å². The summed E-state index contributed by atoms with van der Waals surface area (Å²) < 4.78 is 32.2. The van der Waals surface area contributed by atoms with Crippen LogP contribution in [-0.2, 0) is 26.4 Å². The highest BCUT2D eigenvalue weighted by Crippen LogP contribution is 2.45. The number of rotatable bonds is 13. The average Bonchev–Trinajstić information content (AvgIpc) is 3.16. The summed E-state index contributed by atoms with van der Waals surface area (Å²) in [4.78, 5) is 0. The molecule has 1 aliphatic rings. The van der Waals surface area contributed by atoms with E-state index in [0.717, 1.165) is 33.4 Å². The predicted molar refractivity (Wildman–Crippen MR) is 188 cm³/mol. The molecule has 5 nitrogen and oxygen atoms in total. The first-order valence-corrected chi connectivity index (χ1v) is 16.1. The maximum absolute atomic E-state index is 6.73. The van der Waals surface area contributed by atoms with Gasteiger partial charge in [0.05, 0.1) is 5.56 Å². The first-order chi connectivity index (χ1) is 23.8. The van der Waals surface area contributed by atoms with Crippen LogP contribution in [-0.4, -0.2) is 0 Å². The van der Waals surface area contributed by atoms with Crippen LogP contribution in [0.4, 0.5) is 0 Å². The fraction of sp³-hybridized carbons (Fsp3) is 0.116. The fourth-order valence-corrected chi connectivity index (χ4v) is 5.53. The maximum Gasteiger partial charge on any atom is 0.168 e. The minimum absolute atomic E-state index is 0.390. The maximum atomic E-state index is 6.73. The van der Waals surface area contributed by atoms with E-state index in [9.17, 15) is 0 Å². The Morgan fingerprint density at radius 3 is 1.52 bits per heavy atom. The lowest BCUT2D eigenvalue weighted by Crippen LogP contribution is -2.13. The van der Waals surface area contributed by atoms with Gasteiger partial charge in [-0.2, -0.15) is 0 Å². The lowest BCUT2D eigenvalue weighted by atomic mass is 10.0. The third-order valence-corrected chi connectivity index (χ3v) is 8.03. The molecule has 0 radical (unpaired) electrons. The Kier molecular flexibility index (Phi) is 9.66. The quantitative estimate of drug-likeness (QED) is 0.127. The molecule has 0 fully saturated rings. The first-order valence-electron chi connectivity index (χ1n) is 16.1. The number of hydrogen-bond acceptors (Lipinski definition) is 5. The number of hydrogen-bond donors (Lipinski definition) is 0. The van der Waals surface area contributed by atoms with E-state index in [1.165, 1.54) is 0 Å². The zero-order chi connectivity index (χ0) is 32.4. The van der Waals surface area contributed by atoms with E-state index in [4.69, 9.17) is 23.7 Å². The van der Waals surface area contributed by atoms with Gasteiger partial charge in [-0.3, -0.25) is 0 Å². The van der Waals surface area contributed by atoms with Crippen molar-refractivity contribution in [1.29, 1.82) is 0 Å². The lowest BCUT2D eigenvalue weighted by molar-refractivity contribution is 0.220. The predicted octanol–water partition coefficient (Wildman–Crippen LogP) is 10.1. The standard InChI is InChI=1S/C43H36O5/c1-5-14-32(15-6-1)28-44-36-26-41(46-30-34-18-9-3-10-19-34)37-24-25-39(48-42(37)27-36)38-22-13-23-40(45-29-33-16-7-2-8-17-33)43(38)47-31-35-20-11-4-12-21-35/h1-27,39H,28-31H2. The molecule has 0 spiro atoms. The molecule has 1 aliphatic heterocycles. The highest BCUT2D eigenvalue weighted by atomic mass is 16.5. The van der Waals surface area contributed by atoms with E-state index in [0.29, 0.717) is 55.2 Å². The summed E-state index contributed by atoms with van der Waals surface area (Å²) in [6, 6.07) is 50.3. The van der Waals surface area contributed by atoms with Crippen molar-refractivity contribution in [3.63, 3.8) is 0 Å². The molecule has 0 amide bonds. The van der Waals surface area contributed by atoms with Crippen LogP contribution < -0.4 is 23.7 Å². The minimum atomic E-state index is -0.435. The summed E-state index contributed by atoms with van der Waals surface area (Å²) >= 11 is 0. The molecule has 0 saturated carbocycles. The van der Waals surface area contributed by atoms with Crippen LogP contribution in [0.15, 0.2) is 158 Å². The van der Waals surface area contributed by atoms with E-state index in [2.05, 4.69) is 18.2 Å².